The molecule has 0 fully saturated rings. The molecule has 0 aromatic heterocycles. The number of nitrogens with one attached hydrogen (secondary N) is 1. The molecule has 2 aromatic carbocycles. The zero-order valence-electron chi connectivity index (χ0n) is 10.6. The van der Waals surface area contributed by atoms with Crippen LogP contribution in [0.2, 0.25) is 0 Å². The summed E-state index contributed by atoms with van der Waals surface area (Å²) in [4.78, 5) is 0. The van der Waals surface area contributed by atoms with Crippen molar-refractivity contribution in [1.82, 2.24) is 0 Å². The number of rotatable bonds is 3. The van der Waals surface area contributed by atoms with Crippen LogP contribution < -0.4 is 15.8 Å². The topological polar surface area (TPSA) is 71.1 Å². The van der Waals surface area contributed by atoms with E-state index in [1.54, 1.807) is 18.2 Å². The average Bonchev–Trinajstić information content (AvgIpc) is 2.45. The molecule has 0 amide bonds. The summed E-state index contributed by atoms with van der Waals surface area (Å²) in [5.74, 6) is 0.0566. The van der Waals surface area contributed by atoms with Crippen LogP contribution in [0.4, 0.5) is 21.5 Å². The summed E-state index contributed by atoms with van der Waals surface area (Å²) in [7, 11) is 1.49. The molecule has 102 valence electrons. The fourth-order valence-corrected chi connectivity index (χ4v) is 2.04. The van der Waals surface area contributed by atoms with Gasteiger partial charge in [0.1, 0.15) is 11.6 Å². The zero-order chi connectivity index (χ0) is 14.7. The lowest BCUT2D eigenvalue weighted by Gasteiger charge is -2.13. The second-order valence-corrected chi connectivity index (χ2v) is 4.86. The third-order valence-electron chi connectivity index (χ3n) is 2.69. The monoisotopic (exact) mass is 335 g/mol. The average molecular weight is 336 g/mol. The largest absolute Gasteiger partial charge is 0.495 e. The third-order valence-corrected chi connectivity index (χ3v) is 3.30. The van der Waals surface area contributed by atoms with Gasteiger partial charge in [-0.3, -0.25) is 0 Å². The first-order chi connectivity index (χ1) is 9.55. The van der Waals surface area contributed by atoms with Crippen molar-refractivity contribution in [1.29, 1.82) is 5.26 Å². The smallest absolute Gasteiger partial charge is 0.143 e. The Bertz CT molecular complexity index is 698. The van der Waals surface area contributed by atoms with Crippen LogP contribution in [0.1, 0.15) is 5.56 Å². The van der Waals surface area contributed by atoms with Crippen molar-refractivity contribution in [3.8, 4) is 11.8 Å². The number of nitriles is 1. The first-order valence-corrected chi connectivity index (χ1v) is 6.44. The van der Waals surface area contributed by atoms with E-state index in [2.05, 4.69) is 21.2 Å². The molecule has 0 aliphatic rings. The molecule has 0 radical (unpaired) electrons. The molecule has 2 rings (SSSR count). The Labute approximate surface area is 124 Å². The van der Waals surface area contributed by atoms with E-state index in [-0.39, 0.29) is 0 Å². The minimum absolute atomic E-state index is 0.298. The Kier molecular flexibility index (Phi) is 4.11. The molecule has 2 aromatic rings. The minimum Gasteiger partial charge on any atom is -0.495 e. The van der Waals surface area contributed by atoms with Crippen LogP contribution in [-0.2, 0) is 0 Å². The molecule has 0 saturated carbocycles. The van der Waals surface area contributed by atoms with Gasteiger partial charge >= 0.3 is 0 Å². The quantitative estimate of drug-likeness (QED) is 0.837. The summed E-state index contributed by atoms with van der Waals surface area (Å²) in [5, 5.41) is 11.8. The van der Waals surface area contributed by atoms with Crippen molar-refractivity contribution in [2.24, 2.45) is 0 Å². The fourth-order valence-electron chi connectivity index (χ4n) is 1.68. The fraction of sp³-hybridized carbons (Fsp3) is 0.0714. The number of hydrogen-bond donors (Lipinski definition) is 2. The lowest BCUT2D eigenvalue weighted by atomic mass is 10.2. The number of anilines is 3. The maximum atomic E-state index is 13.5. The van der Waals surface area contributed by atoms with Crippen molar-refractivity contribution in [2.75, 3.05) is 18.2 Å². The molecule has 0 unspecified atom stereocenters. The second kappa shape index (κ2) is 5.80. The van der Waals surface area contributed by atoms with Crippen LogP contribution >= 0.6 is 15.9 Å². The van der Waals surface area contributed by atoms with Crippen LogP contribution in [0.3, 0.4) is 0 Å². The first kappa shape index (κ1) is 14.2. The van der Waals surface area contributed by atoms with Crippen LogP contribution in [0, 0.1) is 17.1 Å². The summed E-state index contributed by atoms with van der Waals surface area (Å²) in [6.07, 6.45) is 0. The van der Waals surface area contributed by atoms with E-state index in [9.17, 15) is 4.39 Å². The Hall–Kier alpha value is -2.26. The summed E-state index contributed by atoms with van der Waals surface area (Å²) in [5.41, 5.74) is 7.72. The number of benzene rings is 2. The zero-order valence-corrected chi connectivity index (χ0v) is 12.2. The molecule has 0 aliphatic carbocycles. The predicted octanol–water partition coefficient (Wildman–Crippen LogP) is 3.79. The van der Waals surface area contributed by atoms with Crippen molar-refractivity contribution >= 4 is 33.0 Å². The highest BCUT2D eigenvalue weighted by molar-refractivity contribution is 9.10. The van der Waals surface area contributed by atoms with Gasteiger partial charge in [-0.1, -0.05) is 0 Å². The van der Waals surface area contributed by atoms with Crippen LogP contribution in [0.5, 0.6) is 5.75 Å². The molecule has 0 heterocycles. The van der Waals surface area contributed by atoms with E-state index < -0.39 is 5.82 Å². The summed E-state index contributed by atoms with van der Waals surface area (Å²) >= 11 is 3.07. The number of ether oxygens (including phenoxy) is 1. The van der Waals surface area contributed by atoms with Gasteiger partial charge < -0.3 is 15.8 Å². The van der Waals surface area contributed by atoms with Gasteiger partial charge in [-0.15, -0.1) is 0 Å². The lowest BCUT2D eigenvalue weighted by molar-refractivity contribution is 0.416. The Morgan fingerprint density at radius 2 is 2.05 bits per heavy atom. The van der Waals surface area contributed by atoms with Crippen LogP contribution in [0.25, 0.3) is 0 Å². The number of hydrogen-bond acceptors (Lipinski definition) is 4. The normalized spacial score (nSPS) is 9.90. The third kappa shape index (κ3) is 2.83. The van der Waals surface area contributed by atoms with Crippen molar-refractivity contribution in [3.63, 3.8) is 0 Å². The van der Waals surface area contributed by atoms with E-state index in [1.807, 2.05) is 6.07 Å². The number of methoxy groups -OCH3 is 1. The molecule has 0 spiro atoms. The minimum atomic E-state index is -0.422. The van der Waals surface area contributed by atoms with Gasteiger partial charge in [-0.25, -0.2) is 4.39 Å². The molecule has 0 bridgehead atoms. The van der Waals surface area contributed by atoms with Gasteiger partial charge in [0.25, 0.3) is 0 Å². The van der Waals surface area contributed by atoms with Crippen molar-refractivity contribution < 1.29 is 9.13 Å². The molecular formula is C14H11BrFN3O. The molecule has 0 saturated heterocycles. The van der Waals surface area contributed by atoms with Crippen molar-refractivity contribution in [2.45, 2.75) is 0 Å². The van der Waals surface area contributed by atoms with Gasteiger partial charge in [-0.05, 0) is 34.1 Å². The van der Waals surface area contributed by atoms with Gasteiger partial charge in [0.05, 0.1) is 40.3 Å². The van der Waals surface area contributed by atoms with E-state index in [0.29, 0.717) is 32.8 Å². The van der Waals surface area contributed by atoms with Gasteiger partial charge in [-0.2, -0.15) is 5.26 Å². The molecule has 0 aliphatic heterocycles. The highest BCUT2D eigenvalue weighted by Crippen LogP contribution is 2.33. The van der Waals surface area contributed by atoms with Gasteiger partial charge in [0.15, 0.2) is 0 Å². The Morgan fingerprint density at radius 1 is 1.30 bits per heavy atom. The van der Waals surface area contributed by atoms with E-state index in [4.69, 9.17) is 15.7 Å². The molecule has 3 N–H and O–H groups in total. The second-order valence-electron chi connectivity index (χ2n) is 4.01. The van der Waals surface area contributed by atoms with E-state index >= 15 is 0 Å². The van der Waals surface area contributed by atoms with Crippen LogP contribution in [0.15, 0.2) is 34.8 Å². The van der Waals surface area contributed by atoms with Gasteiger partial charge in [0.2, 0.25) is 0 Å². The number of nitrogens with two attached hydrogens (primary N) is 1. The SMILES string of the molecule is COc1cc(C#N)ccc1Nc1cc(F)c(Br)cc1N. The number of nitrogen functional groups attached to an aromatic ring is 1. The summed E-state index contributed by atoms with van der Waals surface area (Å²) in [6, 6.07) is 9.69. The van der Waals surface area contributed by atoms with Gasteiger partial charge in [0, 0.05) is 12.1 Å². The molecule has 20 heavy (non-hydrogen) atoms. The Balaban J connectivity index is 2.40. The van der Waals surface area contributed by atoms with Crippen LogP contribution in [-0.4, -0.2) is 7.11 Å². The molecule has 4 nitrogen and oxygen atoms in total. The number of halogens is 2. The maximum absolute atomic E-state index is 13.5. The highest BCUT2D eigenvalue weighted by atomic mass is 79.9. The standard InChI is InChI=1S/C14H11BrFN3O/c1-20-14-4-8(7-17)2-3-12(14)19-13-6-10(16)9(15)5-11(13)18/h2-6,19H,18H2,1H3. The summed E-state index contributed by atoms with van der Waals surface area (Å²) in [6.45, 7) is 0. The molecule has 0 atom stereocenters. The summed E-state index contributed by atoms with van der Waals surface area (Å²) < 4.78 is 19.0. The number of nitrogens with zero attached hydrogens (tertiary/aromatic N) is 1. The molecular weight excluding hydrogens is 325 g/mol. The predicted molar refractivity (Wildman–Crippen MR) is 79.5 cm³/mol. The Morgan fingerprint density at radius 3 is 2.70 bits per heavy atom. The van der Waals surface area contributed by atoms with Crippen molar-refractivity contribution in [3.05, 3.63) is 46.2 Å². The first-order valence-electron chi connectivity index (χ1n) is 5.65. The van der Waals surface area contributed by atoms with E-state index in [1.165, 1.54) is 19.2 Å². The maximum Gasteiger partial charge on any atom is 0.143 e. The molecule has 6 heteroatoms. The lowest BCUT2D eigenvalue weighted by Crippen LogP contribution is -2.00. The highest BCUT2D eigenvalue weighted by Gasteiger charge is 2.09. The van der Waals surface area contributed by atoms with E-state index in [0.717, 1.165) is 0 Å².